The van der Waals surface area contributed by atoms with Gasteiger partial charge >= 0.3 is 0 Å². The Labute approximate surface area is 235 Å². The van der Waals surface area contributed by atoms with Gasteiger partial charge in [0, 0.05) is 37.9 Å². The molecule has 7 heteroatoms. The number of nitrogens with zero attached hydrogens (tertiary/aromatic N) is 3. The van der Waals surface area contributed by atoms with Crippen molar-refractivity contribution < 1.29 is 14.3 Å². The Balaban J connectivity index is 1.43. The quantitative estimate of drug-likeness (QED) is 0.415. The molecule has 4 aliphatic rings. The highest BCUT2D eigenvalue weighted by Crippen LogP contribution is 2.56. The molecular weight excluding hydrogens is 502 g/mol. The molecular formula is C33H37N3O4. The van der Waals surface area contributed by atoms with Crippen LogP contribution in [0.25, 0.3) is 0 Å². The molecule has 2 aliphatic heterocycles. The summed E-state index contributed by atoms with van der Waals surface area (Å²) in [5.41, 5.74) is 4.97. The maximum atomic E-state index is 14.3. The fourth-order valence-corrected chi connectivity index (χ4v) is 7.58. The van der Waals surface area contributed by atoms with Crippen LogP contribution in [0.5, 0.6) is 5.75 Å². The van der Waals surface area contributed by atoms with Crippen molar-refractivity contribution in [2.24, 2.45) is 11.8 Å². The van der Waals surface area contributed by atoms with Gasteiger partial charge in [0.05, 0.1) is 6.61 Å². The number of benzene rings is 2. The van der Waals surface area contributed by atoms with Gasteiger partial charge in [-0.25, -0.2) is 0 Å². The lowest BCUT2D eigenvalue weighted by atomic mass is 9.81. The van der Waals surface area contributed by atoms with Gasteiger partial charge in [-0.1, -0.05) is 61.9 Å². The van der Waals surface area contributed by atoms with Crippen molar-refractivity contribution >= 4 is 5.91 Å². The third-order valence-corrected chi connectivity index (χ3v) is 9.44. The standard InChI is InChI=1S/C33H37N3O4/c1-2-3-16-40-31-29(37)12-15-35-30(31)32(38)34(21-23-13-17-39-18-14-23)22-36(35)33-26(19-24-8-4-6-10-27(24)33)20-25-9-5-7-11-28(25)33/h4-12,15,23,26H,2-3,13-14,16-22H2,1H3. The lowest BCUT2D eigenvalue weighted by molar-refractivity contribution is 0.0384. The number of amides is 1. The smallest absolute Gasteiger partial charge is 0.277 e. The summed E-state index contributed by atoms with van der Waals surface area (Å²) in [6.07, 6.45) is 7.39. The van der Waals surface area contributed by atoms with Crippen LogP contribution < -0.4 is 15.2 Å². The minimum Gasteiger partial charge on any atom is -0.487 e. The monoisotopic (exact) mass is 539 g/mol. The van der Waals surface area contributed by atoms with Gasteiger partial charge in [-0.15, -0.1) is 0 Å². The van der Waals surface area contributed by atoms with E-state index in [0.717, 1.165) is 51.7 Å². The number of hydrogen-bond donors (Lipinski definition) is 0. The van der Waals surface area contributed by atoms with E-state index in [-0.39, 0.29) is 17.1 Å². The lowest BCUT2D eigenvalue weighted by Gasteiger charge is -2.51. The van der Waals surface area contributed by atoms with Crippen molar-refractivity contribution in [3.63, 3.8) is 0 Å². The van der Waals surface area contributed by atoms with Gasteiger partial charge in [-0.2, -0.15) is 0 Å². The number of rotatable bonds is 7. The van der Waals surface area contributed by atoms with E-state index in [2.05, 4.69) is 60.5 Å². The van der Waals surface area contributed by atoms with E-state index in [1.54, 1.807) is 12.3 Å². The molecule has 2 aliphatic carbocycles. The number of carbonyl (C=O) groups excluding carboxylic acids is 1. The average Bonchev–Trinajstić information content (AvgIpc) is 3.47. The summed E-state index contributed by atoms with van der Waals surface area (Å²) >= 11 is 0. The zero-order valence-electron chi connectivity index (χ0n) is 23.2. The van der Waals surface area contributed by atoms with E-state index in [4.69, 9.17) is 9.47 Å². The predicted octanol–water partition coefficient (Wildman–Crippen LogP) is 4.48. The second-order valence-electron chi connectivity index (χ2n) is 11.7. The summed E-state index contributed by atoms with van der Waals surface area (Å²) in [7, 11) is 0. The first-order valence-electron chi connectivity index (χ1n) is 14.8. The number of ether oxygens (including phenoxy) is 2. The Hall–Kier alpha value is -3.58. The van der Waals surface area contributed by atoms with E-state index in [1.165, 1.54) is 22.3 Å². The molecule has 0 N–H and O–H groups in total. The molecule has 208 valence electrons. The summed E-state index contributed by atoms with van der Waals surface area (Å²) in [6, 6.07) is 19.1. The van der Waals surface area contributed by atoms with Crippen LogP contribution >= 0.6 is 0 Å². The van der Waals surface area contributed by atoms with Gasteiger partial charge < -0.3 is 14.4 Å². The molecule has 40 heavy (non-hydrogen) atoms. The largest absolute Gasteiger partial charge is 0.487 e. The Morgan fingerprint density at radius 3 is 2.30 bits per heavy atom. The first-order valence-corrected chi connectivity index (χ1v) is 14.8. The minimum atomic E-state index is -0.452. The third-order valence-electron chi connectivity index (χ3n) is 9.44. The first kappa shape index (κ1) is 25.4. The average molecular weight is 540 g/mol. The maximum absolute atomic E-state index is 14.3. The number of fused-ring (bicyclic) bond motifs is 6. The maximum Gasteiger partial charge on any atom is 0.277 e. The highest BCUT2D eigenvalue weighted by molar-refractivity contribution is 5.96. The summed E-state index contributed by atoms with van der Waals surface area (Å²) < 4.78 is 13.7. The van der Waals surface area contributed by atoms with Crippen LogP contribution in [0.15, 0.2) is 65.6 Å². The fourth-order valence-electron chi connectivity index (χ4n) is 7.58. The molecule has 1 fully saturated rings. The van der Waals surface area contributed by atoms with Crippen LogP contribution in [-0.4, -0.2) is 48.5 Å². The van der Waals surface area contributed by atoms with E-state index in [1.807, 2.05) is 9.58 Å². The topological polar surface area (TPSA) is 64.0 Å². The fraction of sp³-hybridized carbons (Fsp3) is 0.455. The first-order chi connectivity index (χ1) is 19.6. The molecule has 0 saturated carbocycles. The normalized spacial score (nSPS) is 23.5. The molecule has 0 spiro atoms. The summed E-state index contributed by atoms with van der Waals surface area (Å²) in [4.78, 5) is 29.5. The molecule has 0 bridgehead atoms. The number of carbonyl (C=O) groups is 1. The van der Waals surface area contributed by atoms with Crippen molar-refractivity contribution in [1.82, 2.24) is 9.58 Å². The molecule has 3 heterocycles. The van der Waals surface area contributed by atoms with Gasteiger partial charge in [-0.3, -0.25) is 19.3 Å². The zero-order chi connectivity index (χ0) is 27.3. The van der Waals surface area contributed by atoms with Crippen molar-refractivity contribution in [3.05, 3.63) is 99.0 Å². The molecule has 1 aromatic heterocycles. The van der Waals surface area contributed by atoms with Gasteiger partial charge in [-0.05, 0) is 60.3 Å². The van der Waals surface area contributed by atoms with Crippen LogP contribution in [0.3, 0.4) is 0 Å². The summed E-state index contributed by atoms with van der Waals surface area (Å²) in [5, 5.41) is 2.37. The molecule has 0 radical (unpaired) electrons. The number of pyridine rings is 1. The highest BCUT2D eigenvalue weighted by Gasteiger charge is 2.58. The Morgan fingerprint density at radius 1 is 0.950 bits per heavy atom. The Kier molecular flexibility index (Phi) is 6.42. The van der Waals surface area contributed by atoms with E-state index < -0.39 is 5.54 Å². The van der Waals surface area contributed by atoms with Crippen LogP contribution in [0, 0.1) is 11.8 Å². The van der Waals surface area contributed by atoms with E-state index >= 15 is 0 Å². The van der Waals surface area contributed by atoms with Crippen molar-refractivity contribution in [2.45, 2.75) is 51.0 Å². The summed E-state index contributed by atoms with van der Waals surface area (Å²) in [6.45, 7) is 5.04. The van der Waals surface area contributed by atoms with Crippen LogP contribution in [0.2, 0.25) is 0 Å². The molecule has 1 saturated heterocycles. The second kappa shape index (κ2) is 10.1. The number of unbranched alkanes of at least 4 members (excludes halogenated alkanes) is 1. The van der Waals surface area contributed by atoms with Gasteiger partial charge in [0.15, 0.2) is 11.4 Å². The SMILES string of the molecule is CCCCOc1c2n(ccc1=O)N(C13c4ccccc4CC1Cc1ccccc13)CN(CC1CCOCC1)C2=O. The predicted molar refractivity (Wildman–Crippen MR) is 153 cm³/mol. The summed E-state index contributed by atoms with van der Waals surface area (Å²) in [5.74, 6) is 0.730. The van der Waals surface area contributed by atoms with Crippen LogP contribution in [-0.2, 0) is 23.1 Å². The van der Waals surface area contributed by atoms with E-state index in [0.29, 0.717) is 37.4 Å². The van der Waals surface area contributed by atoms with Crippen LogP contribution in [0.4, 0.5) is 0 Å². The Morgan fingerprint density at radius 2 is 1.62 bits per heavy atom. The Bertz CT molecular complexity index is 1440. The molecule has 7 nitrogen and oxygen atoms in total. The number of hydrogen-bond acceptors (Lipinski definition) is 5. The third kappa shape index (κ3) is 3.81. The highest BCUT2D eigenvalue weighted by atomic mass is 16.5. The molecule has 3 aromatic rings. The minimum absolute atomic E-state index is 0.127. The van der Waals surface area contributed by atoms with Gasteiger partial charge in [0.25, 0.3) is 5.91 Å². The number of aromatic nitrogens is 1. The zero-order valence-corrected chi connectivity index (χ0v) is 23.2. The molecule has 7 rings (SSSR count). The molecule has 1 amide bonds. The lowest BCUT2D eigenvalue weighted by Crippen LogP contribution is -2.64. The van der Waals surface area contributed by atoms with Gasteiger partial charge in [0.1, 0.15) is 12.2 Å². The second-order valence-corrected chi connectivity index (χ2v) is 11.7. The molecule has 2 aromatic carbocycles. The van der Waals surface area contributed by atoms with Crippen LogP contribution in [0.1, 0.15) is 65.3 Å². The van der Waals surface area contributed by atoms with Crippen molar-refractivity contribution in [3.8, 4) is 5.75 Å². The molecule has 0 unspecified atom stereocenters. The van der Waals surface area contributed by atoms with Gasteiger partial charge in [0.2, 0.25) is 5.43 Å². The van der Waals surface area contributed by atoms with Crippen molar-refractivity contribution in [1.29, 1.82) is 0 Å². The van der Waals surface area contributed by atoms with E-state index in [9.17, 15) is 9.59 Å². The molecule has 0 atom stereocenters. The van der Waals surface area contributed by atoms with Crippen molar-refractivity contribution in [2.75, 3.05) is 38.0 Å².